The Morgan fingerprint density at radius 3 is 2.30 bits per heavy atom. The Bertz CT molecular complexity index is 1900. The predicted octanol–water partition coefficient (Wildman–Crippen LogP) is 7.51. The fourth-order valence-electron chi connectivity index (χ4n) is 4.76. The Hall–Kier alpha value is -3.86. The molecule has 0 radical (unpaired) electrons. The molecule has 4 aromatic rings. The van der Waals surface area contributed by atoms with Gasteiger partial charge in [-0.2, -0.15) is 4.31 Å². The second-order valence-corrected chi connectivity index (χ2v) is 12.9. The molecule has 0 bridgehead atoms. The van der Waals surface area contributed by atoms with Gasteiger partial charge in [-0.05, 0) is 73.2 Å². The first-order valence-electron chi connectivity index (χ1n) is 13.2. The lowest BCUT2D eigenvalue weighted by molar-refractivity contribution is -0.137. The number of carbonyl (C=O) groups is 2. The summed E-state index contributed by atoms with van der Waals surface area (Å²) in [6.07, 6.45) is 1.51. The fraction of sp³-hybridized carbons (Fsp3) is 0.125. The van der Waals surface area contributed by atoms with Gasteiger partial charge in [0.25, 0.3) is 0 Å². The molecule has 3 aromatic carbocycles. The standard InChI is InChI=1S/C32H25Cl3N2O6S/c1-20-30(32(39)42-2)31(38)29(37(20)23-6-4-3-5-7-23)17-24-11-12-25(43-24)19-36(18-21-8-15-27(34)28(35)16-21)44(40,41)26-13-9-22(33)10-14-26/h3-17H,18-19H2,1-2H3/b29-17+. The number of methoxy groups -OCH3 is 1. The molecule has 1 aliphatic rings. The number of carbonyl (C=O) groups excluding carboxylic acids is 2. The van der Waals surface area contributed by atoms with Crippen molar-refractivity contribution >= 4 is 68.3 Å². The number of furan rings is 1. The Labute approximate surface area is 269 Å². The molecule has 44 heavy (non-hydrogen) atoms. The van der Waals surface area contributed by atoms with Gasteiger partial charge in [0.2, 0.25) is 15.8 Å². The lowest BCUT2D eigenvalue weighted by Crippen LogP contribution is -2.30. The van der Waals surface area contributed by atoms with Crippen molar-refractivity contribution in [1.82, 2.24) is 4.31 Å². The van der Waals surface area contributed by atoms with E-state index in [4.69, 9.17) is 44.0 Å². The largest absolute Gasteiger partial charge is 0.465 e. The fourth-order valence-corrected chi connectivity index (χ4v) is 6.60. The summed E-state index contributed by atoms with van der Waals surface area (Å²) >= 11 is 18.3. The van der Waals surface area contributed by atoms with Crippen LogP contribution in [-0.4, -0.2) is 31.6 Å². The monoisotopic (exact) mass is 670 g/mol. The number of anilines is 1. The molecule has 1 aliphatic heterocycles. The van der Waals surface area contributed by atoms with Gasteiger partial charge in [-0.1, -0.05) is 59.1 Å². The van der Waals surface area contributed by atoms with Crippen LogP contribution in [0.3, 0.4) is 0 Å². The van der Waals surface area contributed by atoms with Crippen molar-refractivity contribution in [3.8, 4) is 0 Å². The van der Waals surface area contributed by atoms with Crippen molar-refractivity contribution in [2.45, 2.75) is 24.9 Å². The summed E-state index contributed by atoms with van der Waals surface area (Å²) in [5.74, 6) is -0.685. The Morgan fingerprint density at radius 2 is 1.64 bits per heavy atom. The molecule has 5 rings (SSSR count). The van der Waals surface area contributed by atoms with Gasteiger partial charge in [-0.3, -0.25) is 4.79 Å². The number of sulfonamides is 1. The highest BCUT2D eigenvalue weighted by Gasteiger charge is 2.38. The van der Waals surface area contributed by atoms with E-state index in [2.05, 4.69) is 0 Å². The van der Waals surface area contributed by atoms with Gasteiger partial charge >= 0.3 is 5.97 Å². The van der Waals surface area contributed by atoms with E-state index in [1.807, 2.05) is 18.2 Å². The second kappa shape index (κ2) is 13.0. The first-order valence-corrected chi connectivity index (χ1v) is 15.8. The van der Waals surface area contributed by atoms with Crippen LogP contribution >= 0.6 is 34.8 Å². The molecule has 0 amide bonds. The van der Waals surface area contributed by atoms with Crippen LogP contribution in [0.1, 0.15) is 24.0 Å². The van der Waals surface area contributed by atoms with Crippen LogP contribution in [0, 0.1) is 0 Å². The van der Waals surface area contributed by atoms with E-state index in [1.54, 1.807) is 54.3 Å². The summed E-state index contributed by atoms with van der Waals surface area (Å²) in [5, 5.41) is 1.03. The molecule has 0 aliphatic carbocycles. The molecule has 0 spiro atoms. The number of Topliss-reactive ketones (excluding diaryl/α,β-unsaturated/α-hetero) is 1. The van der Waals surface area contributed by atoms with Crippen LogP contribution in [0.5, 0.6) is 0 Å². The number of ether oxygens (including phenoxy) is 1. The number of nitrogens with zero attached hydrogens (tertiary/aromatic N) is 2. The van der Waals surface area contributed by atoms with E-state index in [-0.39, 0.29) is 35.0 Å². The summed E-state index contributed by atoms with van der Waals surface area (Å²) in [6, 6.07) is 23.1. The molecule has 0 fully saturated rings. The third-order valence-electron chi connectivity index (χ3n) is 6.89. The van der Waals surface area contributed by atoms with Crippen LogP contribution in [0.15, 0.2) is 111 Å². The highest BCUT2D eigenvalue weighted by Crippen LogP contribution is 2.36. The third kappa shape index (κ3) is 6.47. The van der Waals surface area contributed by atoms with E-state index in [0.29, 0.717) is 37.8 Å². The second-order valence-electron chi connectivity index (χ2n) is 9.76. The van der Waals surface area contributed by atoms with Gasteiger partial charge in [0.15, 0.2) is 0 Å². The minimum atomic E-state index is -4.03. The molecule has 0 saturated carbocycles. The van der Waals surface area contributed by atoms with Crippen LogP contribution in [0.25, 0.3) is 6.08 Å². The number of allylic oxidation sites excluding steroid dienone is 2. The summed E-state index contributed by atoms with van der Waals surface area (Å²) in [5.41, 5.74) is 1.77. The predicted molar refractivity (Wildman–Crippen MR) is 170 cm³/mol. The van der Waals surface area contributed by atoms with Crippen molar-refractivity contribution in [3.63, 3.8) is 0 Å². The summed E-state index contributed by atoms with van der Waals surface area (Å²) in [7, 11) is -2.81. The van der Waals surface area contributed by atoms with Crippen molar-refractivity contribution in [1.29, 1.82) is 0 Å². The highest BCUT2D eigenvalue weighted by molar-refractivity contribution is 7.89. The van der Waals surface area contributed by atoms with Crippen molar-refractivity contribution in [2.24, 2.45) is 0 Å². The number of hydrogen-bond donors (Lipinski definition) is 0. The molecule has 0 saturated heterocycles. The van der Waals surface area contributed by atoms with E-state index in [9.17, 15) is 18.0 Å². The van der Waals surface area contributed by atoms with Crippen LogP contribution < -0.4 is 4.90 Å². The Balaban J connectivity index is 1.50. The van der Waals surface area contributed by atoms with E-state index in [0.717, 1.165) is 0 Å². The Kier molecular flexibility index (Phi) is 9.34. The summed E-state index contributed by atoms with van der Waals surface area (Å²) in [6.45, 7) is 1.48. The van der Waals surface area contributed by atoms with Crippen molar-refractivity contribution in [3.05, 3.63) is 134 Å². The van der Waals surface area contributed by atoms with Gasteiger partial charge in [0, 0.05) is 29.0 Å². The minimum Gasteiger partial charge on any atom is -0.465 e. The third-order valence-corrected chi connectivity index (χ3v) is 9.69. The SMILES string of the molecule is COC(=O)C1=C(C)N(c2ccccc2)/C(=C/c2ccc(CN(Cc3ccc(Cl)c(Cl)c3)S(=O)(=O)c3ccc(Cl)cc3)o2)C1=O. The van der Waals surface area contributed by atoms with Crippen LogP contribution in [0.4, 0.5) is 5.69 Å². The van der Waals surface area contributed by atoms with Crippen molar-refractivity contribution in [2.75, 3.05) is 12.0 Å². The number of halogens is 3. The lowest BCUT2D eigenvalue weighted by atomic mass is 10.1. The van der Waals surface area contributed by atoms with Gasteiger partial charge in [0.05, 0.1) is 34.3 Å². The topological polar surface area (TPSA) is 97.1 Å². The van der Waals surface area contributed by atoms with Crippen LogP contribution in [-0.2, 0) is 37.4 Å². The number of esters is 1. The number of ketones is 1. The number of para-hydroxylation sites is 1. The Morgan fingerprint density at radius 1 is 0.932 bits per heavy atom. The van der Waals surface area contributed by atoms with E-state index >= 15 is 0 Å². The molecule has 8 nitrogen and oxygen atoms in total. The molecule has 12 heteroatoms. The molecular weight excluding hydrogens is 647 g/mol. The number of hydrogen-bond acceptors (Lipinski definition) is 7. The van der Waals surface area contributed by atoms with E-state index in [1.165, 1.54) is 41.8 Å². The normalized spacial score (nSPS) is 14.6. The highest BCUT2D eigenvalue weighted by atomic mass is 35.5. The average molecular weight is 672 g/mol. The zero-order valence-electron chi connectivity index (χ0n) is 23.5. The summed E-state index contributed by atoms with van der Waals surface area (Å²) in [4.78, 5) is 27.6. The lowest BCUT2D eigenvalue weighted by Gasteiger charge is -2.22. The molecule has 1 aromatic heterocycles. The van der Waals surface area contributed by atoms with Gasteiger partial charge in [-0.15, -0.1) is 0 Å². The zero-order chi connectivity index (χ0) is 31.6. The first kappa shape index (κ1) is 31.6. The van der Waals surface area contributed by atoms with Gasteiger partial charge in [0.1, 0.15) is 17.1 Å². The molecule has 0 atom stereocenters. The first-order chi connectivity index (χ1) is 21.0. The smallest absolute Gasteiger partial charge is 0.343 e. The minimum absolute atomic E-state index is 0.0369. The molecule has 0 N–H and O–H groups in total. The van der Waals surface area contributed by atoms with Gasteiger partial charge < -0.3 is 14.1 Å². The maximum atomic E-state index is 13.8. The quantitative estimate of drug-likeness (QED) is 0.103. The number of benzene rings is 3. The molecule has 2 heterocycles. The van der Waals surface area contributed by atoms with Crippen LogP contribution in [0.2, 0.25) is 15.1 Å². The maximum Gasteiger partial charge on any atom is 0.343 e. The maximum absolute atomic E-state index is 13.8. The number of rotatable bonds is 9. The van der Waals surface area contributed by atoms with E-state index < -0.39 is 21.8 Å². The summed E-state index contributed by atoms with van der Waals surface area (Å²) < 4.78 is 39.7. The molecule has 226 valence electrons. The zero-order valence-corrected chi connectivity index (χ0v) is 26.5. The molecular formula is C32H25Cl3N2O6S. The average Bonchev–Trinajstić information content (AvgIpc) is 3.55. The molecule has 0 unspecified atom stereocenters. The van der Waals surface area contributed by atoms with Gasteiger partial charge in [-0.25, -0.2) is 13.2 Å². The van der Waals surface area contributed by atoms with Crippen molar-refractivity contribution < 1.29 is 27.2 Å².